The van der Waals surface area contributed by atoms with Gasteiger partial charge in [0.05, 0.1) is 23.0 Å². The fourth-order valence-corrected chi connectivity index (χ4v) is 3.76. The van der Waals surface area contributed by atoms with E-state index in [1.54, 1.807) is 31.2 Å². The predicted octanol–water partition coefficient (Wildman–Crippen LogP) is 4.46. The Hall–Kier alpha value is -4.16. The summed E-state index contributed by atoms with van der Waals surface area (Å²) in [5.74, 6) is -0.432. The van der Waals surface area contributed by atoms with Gasteiger partial charge in [0.25, 0.3) is 11.2 Å². The van der Waals surface area contributed by atoms with Gasteiger partial charge in [-0.1, -0.05) is 23.7 Å². The van der Waals surface area contributed by atoms with E-state index in [0.29, 0.717) is 27.2 Å². The van der Waals surface area contributed by atoms with Crippen LogP contribution in [0.5, 0.6) is 0 Å². The van der Waals surface area contributed by atoms with Crippen molar-refractivity contribution < 1.29 is 4.39 Å². The SMILES string of the molecule is [C-]#[N+]c1c(N)nc(N)nc1N[C@@H](C)c1cc2cccc(Cl)c2c(=O)n1-c1ccc(F)cc1. The summed E-state index contributed by atoms with van der Waals surface area (Å²) in [4.78, 5) is 24.8. The molecule has 0 amide bonds. The van der Waals surface area contributed by atoms with Gasteiger partial charge in [0.1, 0.15) is 17.5 Å². The molecule has 0 spiro atoms. The molecule has 2 aromatic carbocycles. The molecule has 0 saturated carbocycles. The van der Waals surface area contributed by atoms with Crippen LogP contribution in [0.3, 0.4) is 0 Å². The highest BCUT2D eigenvalue weighted by atomic mass is 35.5. The van der Waals surface area contributed by atoms with Gasteiger partial charge >= 0.3 is 0 Å². The summed E-state index contributed by atoms with van der Waals surface area (Å²) in [6, 6.07) is 12.0. The highest BCUT2D eigenvalue weighted by molar-refractivity contribution is 6.35. The molecule has 0 unspecified atom stereocenters. The lowest BCUT2D eigenvalue weighted by Gasteiger charge is -2.22. The number of anilines is 3. The predicted molar refractivity (Wildman–Crippen MR) is 124 cm³/mol. The molecule has 0 radical (unpaired) electrons. The molecule has 1 atom stereocenters. The number of hydrogen-bond donors (Lipinski definition) is 3. The summed E-state index contributed by atoms with van der Waals surface area (Å²) in [5.41, 5.74) is 12.1. The van der Waals surface area contributed by atoms with E-state index < -0.39 is 11.9 Å². The summed E-state index contributed by atoms with van der Waals surface area (Å²) in [6.45, 7) is 9.17. The van der Waals surface area contributed by atoms with E-state index in [1.807, 2.05) is 0 Å². The Morgan fingerprint density at radius 2 is 1.91 bits per heavy atom. The lowest BCUT2D eigenvalue weighted by molar-refractivity contribution is 0.627. The number of aromatic nitrogens is 3. The largest absolute Gasteiger partial charge is 0.392 e. The Balaban J connectivity index is 1.94. The smallest absolute Gasteiger partial charge is 0.268 e. The minimum Gasteiger partial charge on any atom is -0.392 e. The average molecular weight is 450 g/mol. The molecule has 0 fully saturated rings. The second-order valence-corrected chi connectivity index (χ2v) is 7.44. The number of benzene rings is 2. The summed E-state index contributed by atoms with van der Waals surface area (Å²) in [5, 5.41) is 4.38. The molecule has 0 saturated heterocycles. The molecule has 10 heteroatoms. The van der Waals surface area contributed by atoms with Crippen LogP contribution < -0.4 is 22.3 Å². The number of nitrogen functional groups attached to an aromatic ring is 2. The third-order valence-electron chi connectivity index (χ3n) is 4.95. The maximum Gasteiger partial charge on any atom is 0.268 e. The number of nitrogens with zero attached hydrogens (tertiary/aromatic N) is 4. The van der Waals surface area contributed by atoms with E-state index in [-0.39, 0.29) is 28.8 Å². The first-order chi connectivity index (χ1) is 15.3. The summed E-state index contributed by atoms with van der Waals surface area (Å²) in [6.07, 6.45) is 0. The van der Waals surface area contributed by atoms with Gasteiger partial charge in [0, 0.05) is 11.4 Å². The van der Waals surface area contributed by atoms with E-state index >= 15 is 0 Å². The van der Waals surface area contributed by atoms with Gasteiger partial charge in [-0.25, -0.2) is 19.2 Å². The first kappa shape index (κ1) is 21.1. The molecular formula is C22H17ClFN7O. The van der Waals surface area contributed by atoms with Crippen molar-refractivity contribution in [1.82, 2.24) is 14.5 Å². The fraction of sp³-hybridized carbons (Fsp3) is 0.0909. The van der Waals surface area contributed by atoms with Crippen LogP contribution in [0.25, 0.3) is 21.3 Å². The number of hydrogen-bond acceptors (Lipinski definition) is 6. The number of rotatable bonds is 4. The number of nitrogens with one attached hydrogen (secondary N) is 1. The molecule has 8 nitrogen and oxygen atoms in total. The molecule has 4 rings (SSSR count). The zero-order chi connectivity index (χ0) is 23.0. The van der Waals surface area contributed by atoms with Crippen molar-refractivity contribution in [2.75, 3.05) is 16.8 Å². The van der Waals surface area contributed by atoms with Crippen LogP contribution in [0.15, 0.2) is 53.3 Å². The molecule has 32 heavy (non-hydrogen) atoms. The van der Waals surface area contributed by atoms with Gasteiger partial charge in [0.15, 0.2) is 0 Å². The first-order valence-corrected chi connectivity index (χ1v) is 9.85. The molecule has 0 bridgehead atoms. The quantitative estimate of drug-likeness (QED) is 0.396. The van der Waals surface area contributed by atoms with E-state index in [4.69, 9.17) is 29.6 Å². The van der Waals surface area contributed by atoms with Crippen LogP contribution in [0.2, 0.25) is 5.02 Å². The Morgan fingerprint density at radius 3 is 2.59 bits per heavy atom. The number of fused-ring (bicyclic) bond motifs is 1. The van der Waals surface area contributed by atoms with Gasteiger partial charge in [-0.3, -0.25) is 9.36 Å². The van der Waals surface area contributed by atoms with Crippen LogP contribution in [0.4, 0.5) is 27.7 Å². The van der Waals surface area contributed by atoms with Gasteiger partial charge < -0.3 is 16.8 Å². The first-order valence-electron chi connectivity index (χ1n) is 9.47. The lowest BCUT2D eigenvalue weighted by Crippen LogP contribution is -2.26. The summed E-state index contributed by atoms with van der Waals surface area (Å²) < 4.78 is 15.0. The minimum atomic E-state index is -0.537. The standard InChI is InChI=1S/C22H17ClFN7O/c1-11(28-20-18(27-2)19(25)29-22(26)30-20)16-10-12-4-3-5-15(23)17(12)21(32)31(16)14-8-6-13(24)7-9-14/h3-11H,1H3,(H5,25,26,28,29,30)/t11-/m0/s1. The second kappa shape index (κ2) is 8.17. The van der Waals surface area contributed by atoms with Crippen LogP contribution in [0.1, 0.15) is 18.7 Å². The van der Waals surface area contributed by atoms with Crippen molar-refractivity contribution in [2.24, 2.45) is 0 Å². The zero-order valence-corrected chi connectivity index (χ0v) is 17.6. The van der Waals surface area contributed by atoms with Gasteiger partial charge in [-0.2, -0.15) is 0 Å². The van der Waals surface area contributed by atoms with E-state index in [1.165, 1.54) is 28.8 Å². The number of pyridine rings is 1. The Morgan fingerprint density at radius 1 is 1.19 bits per heavy atom. The van der Waals surface area contributed by atoms with Crippen molar-refractivity contribution in [2.45, 2.75) is 13.0 Å². The normalized spacial score (nSPS) is 11.8. The van der Waals surface area contributed by atoms with Gasteiger partial charge in [-0.05, 0) is 48.7 Å². The maximum atomic E-state index is 13.5. The minimum absolute atomic E-state index is 0.0190. The summed E-state index contributed by atoms with van der Waals surface area (Å²) >= 11 is 6.32. The van der Waals surface area contributed by atoms with Crippen molar-refractivity contribution >= 4 is 45.6 Å². The van der Waals surface area contributed by atoms with Gasteiger partial charge in [0.2, 0.25) is 5.95 Å². The highest BCUT2D eigenvalue weighted by Gasteiger charge is 2.20. The average Bonchev–Trinajstić information content (AvgIpc) is 2.74. The van der Waals surface area contributed by atoms with Crippen LogP contribution in [-0.4, -0.2) is 14.5 Å². The second-order valence-electron chi connectivity index (χ2n) is 7.03. The van der Waals surface area contributed by atoms with Crippen molar-refractivity contribution in [3.8, 4) is 5.69 Å². The van der Waals surface area contributed by atoms with Crippen LogP contribution >= 0.6 is 11.6 Å². The van der Waals surface area contributed by atoms with Crippen molar-refractivity contribution in [1.29, 1.82) is 0 Å². The molecule has 0 aliphatic heterocycles. The Bertz CT molecular complexity index is 1440. The van der Waals surface area contributed by atoms with E-state index in [9.17, 15) is 9.18 Å². The molecule has 160 valence electrons. The molecular weight excluding hydrogens is 433 g/mol. The number of nitrogens with two attached hydrogens (primary N) is 2. The Labute approximate surface area is 187 Å². The van der Waals surface area contributed by atoms with Crippen LogP contribution in [0, 0.1) is 12.4 Å². The third kappa shape index (κ3) is 3.68. The Kier molecular flexibility index (Phi) is 5.38. The lowest BCUT2D eigenvalue weighted by atomic mass is 10.1. The molecule has 0 aliphatic carbocycles. The summed E-state index contributed by atoms with van der Waals surface area (Å²) in [7, 11) is 0. The van der Waals surface area contributed by atoms with Crippen molar-refractivity contribution in [3.05, 3.63) is 86.8 Å². The van der Waals surface area contributed by atoms with E-state index in [2.05, 4.69) is 20.1 Å². The molecule has 4 aromatic rings. The number of halogens is 2. The monoisotopic (exact) mass is 449 g/mol. The third-order valence-corrected chi connectivity index (χ3v) is 5.26. The highest BCUT2D eigenvalue weighted by Crippen LogP contribution is 2.33. The van der Waals surface area contributed by atoms with Gasteiger partial charge in [-0.15, -0.1) is 0 Å². The topological polar surface area (TPSA) is 116 Å². The molecule has 0 aliphatic rings. The molecule has 2 aromatic heterocycles. The maximum absolute atomic E-state index is 13.5. The zero-order valence-electron chi connectivity index (χ0n) is 16.8. The fourth-order valence-electron chi connectivity index (χ4n) is 3.49. The van der Waals surface area contributed by atoms with Crippen molar-refractivity contribution in [3.63, 3.8) is 0 Å². The van der Waals surface area contributed by atoms with Crippen LogP contribution in [-0.2, 0) is 0 Å². The molecule has 2 heterocycles. The molecule has 5 N–H and O–H groups in total. The van der Waals surface area contributed by atoms with E-state index in [0.717, 1.165) is 0 Å².